The summed E-state index contributed by atoms with van der Waals surface area (Å²) in [6, 6.07) is 3.14. The van der Waals surface area contributed by atoms with E-state index in [2.05, 4.69) is 0 Å². The largest absolute Gasteiger partial charge is 1.00 e. The smallest absolute Gasteiger partial charge is 0.744 e. The number of hydrogen-bond donors (Lipinski definition) is 2. The van der Waals surface area contributed by atoms with Crippen molar-refractivity contribution in [3.8, 4) is 0 Å². The molecule has 2 aromatic rings. The van der Waals surface area contributed by atoms with Gasteiger partial charge in [0.05, 0.1) is 26.6 Å². The molecule has 0 bridgehead atoms. The molecule has 0 aromatic heterocycles. The third-order valence-electron chi connectivity index (χ3n) is 3.85. The number of carbonyl (C=O) groups excluding carboxylic acids is 2. The van der Waals surface area contributed by atoms with Gasteiger partial charge in [-0.15, -0.1) is 0 Å². The maximum absolute atomic E-state index is 12.7. The van der Waals surface area contributed by atoms with Gasteiger partial charge in [0, 0.05) is 16.8 Å². The van der Waals surface area contributed by atoms with E-state index in [1.54, 1.807) is 0 Å². The van der Waals surface area contributed by atoms with Crippen LogP contribution >= 0.6 is 0 Å². The number of benzene rings is 2. The fourth-order valence-electron chi connectivity index (χ4n) is 2.71. The van der Waals surface area contributed by atoms with E-state index in [1.807, 2.05) is 0 Å². The van der Waals surface area contributed by atoms with E-state index in [0.717, 1.165) is 18.2 Å². The van der Waals surface area contributed by atoms with Crippen molar-refractivity contribution in [3.05, 3.63) is 46.5 Å². The molecule has 0 fully saturated rings. The topological polar surface area (TPSA) is 201 Å². The quantitative estimate of drug-likeness (QED) is 0.218. The number of carbonyl (C=O) groups is 2. The van der Waals surface area contributed by atoms with Crippen molar-refractivity contribution in [1.29, 1.82) is 0 Å². The average molecular weight is 442 g/mol. The summed E-state index contributed by atoms with van der Waals surface area (Å²) in [6.07, 6.45) is 0. The molecule has 2 aromatic carbocycles. The fraction of sp³-hybridized carbons (Fsp3) is 0. The minimum absolute atomic E-state index is 0. The number of ketones is 2. The molecule has 0 heterocycles. The monoisotopic (exact) mass is 442 g/mol. The van der Waals surface area contributed by atoms with E-state index in [0.29, 0.717) is 6.07 Å². The summed E-state index contributed by atoms with van der Waals surface area (Å²) in [6.45, 7) is 0. The van der Waals surface area contributed by atoms with Gasteiger partial charge >= 0.3 is 59.1 Å². The molecule has 4 N–H and O–H groups in total. The first kappa shape index (κ1) is 25.2. The summed E-state index contributed by atoms with van der Waals surface area (Å²) < 4.78 is 67.3. The van der Waals surface area contributed by atoms with Crippen molar-refractivity contribution < 1.29 is 94.6 Å². The molecule has 0 unspecified atom stereocenters. The van der Waals surface area contributed by atoms with E-state index in [9.17, 15) is 35.5 Å². The third-order valence-corrected chi connectivity index (χ3v) is 5.56. The van der Waals surface area contributed by atoms with Crippen LogP contribution in [0.4, 0.5) is 11.4 Å². The van der Waals surface area contributed by atoms with Crippen molar-refractivity contribution >= 4 is 43.2 Å². The Morgan fingerprint density at radius 3 is 1.79 bits per heavy atom. The van der Waals surface area contributed by atoms with Crippen LogP contribution in [-0.2, 0) is 20.2 Å². The average Bonchev–Trinajstić information content (AvgIpc) is 2.51. The molecule has 0 radical (unpaired) electrons. The number of anilines is 2. The molecular formula is C14H8N2Na2O8S2. The summed E-state index contributed by atoms with van der Waals surface area (Å²) in [5.74, 6) is -1.86. The summed E-state index contributed by atoms with van der Waals surface area (Å²) >= 11 is 0. The Bertz CT molecular complexity index is 1240. The number of fused-ring (bicyclic) bond motifs is 2. The molecule has 1 aliphatic rings. The predicted molar refractivity (Wildman–Crippen MR) is 84.5 cm³/mol. The van der Waals surface area contributed by atoms with Gasteiger partial charge in [0.15, 0.2) is 11.6 Å². The number of nitrogens with two attached hydrogens (primary N) is 2. The van der Waals surface area contributed by atoms with Crippen LogP contribution in [0.5, 0.6) is 0 Å². The minimum Gasteiger partial charge on any atom is -0.744 e. The molecule has 0 saturated heterocycles. The Labute approximate surface area is 203 Å². The first-order valence-electron chi connectivity index (χ1n) is 6.71. The van der Waals surface area contributed by atoms with Gasteiger partial charge < -0.3 is 20.6 Å². The number of rotatable bonds is 2. The van der Waals surface area contributed by atoms with Crippen LogP contribution in [0.15, 0.2) is 34.1 Å². The molecule has 10 nitrogen and oxygen atoms in total. The predicted octanol–water partition coefficient (Wildman–Crippen LogP) is -6.56. The summed E-state index contributed by atoms with van der Waals surface area (Å²) in [7, 11) is -9.96. The molecule has 0 saturated carbocycles. The van der Waals surface area contributed by atoms with Crippen LogP contribution in [-0.4, -0.2) is 37.5 Å². The Morgan fingerprint density at radius 1 is 0.750 bits per heavy atom. The van der Waals surface area contributed by atoms with Crippen molar-refractivity contribution in [2.45, 2.75) is 9.79 Å². The van der Waals surface area contributed by atoms with Crippen molar-refractivity contribution in [2.75, 3.05) is 11.5 Å². The Kier molecular flexibility index (Phi) is 7.34. The molecule has 1 aliphatic carbocycles. The molecule has 0 aliphatic heterocycles. The fourth-order valence-corrected chi connectivity index (χ4v) is 3.85. The van der Waals surface area contributed by atoms with Crippen molar-refractivity contribution in [3.63, 3.8) is 0 Å². The molecule has 0 amide bonds. The van der Waals surface area contributed by atoms with E-state index in [4.69, 9.17) is 11.5 Å². The molecular weight excluding hydrogens is 434 g/mol. The Balaban J connectivity index is 0.00000196. The SMILES string of the molecule is Nc1cc(S(=O)(=O)[O-])c(N)c2c1C(=O)c1cc(S(=O)(=O)[O-])ccc1C2=O.[Na+].[Na+]. The normalized spacial score (nSPS) is 13.1. The van der Waals surface area contributed by atoms with Gasteiger partial charge in [0.1, 0.15) is 20.2 Å². The minimum atomic E-state index is -5.07. The zero-order valence-electron chi connectivity index (χ0n) is 14.5. The van der Waals surface area contributed by atoms with Crippen molar-refractivity contribution in [2.24, 2.45) is 0 Å². The summed E-state index contributed by atoms with van der Waals surface area (Å²) in [4.78, 5) is 23.6. The van der Waals surface area contributed by atoms with Gasteiger partial charge in [-0.3, -0.25) is 9.59 Å². The van der Waals surface area contributed by atoms with E-state index < -0.39 is 69.7 Å². The van der Waals surface area contributed by atoms with Crippen LogP contribution in [0.1, 0.15) is 31.8 Å². The molecule has 0 atom stereocenters. The van der Waals surface area contributed by atoms with Gasteiger partial charge in [-0.25, -0.2) is 16.8 Å². The first-order chi connectivity index (χ1) is 11.8. The van der Waals surface area contributed by atoms with E-state index >= 15 is 0 Å². The Morgan fingerprint density at radius 2 is 1.29 bits per heavy atom. The van der Waals surface area contributed by atoms with Crippen LogP contribution in [0.2, 0.25) is 0 Å². The zero-order valence-corrected chi connectivity index (χ0v) is 20.2. The van der Waals surface area contributed by atoms with Gasteiger partial charge in [-0.05, 0) is 24.3 Å². The first-order valence-corrected chi connectivity index (χ1v) is 9.53. The van der Waals surface area contributed by atoms with Gasteiger partial charge in [-0.1, -0.05) is 0 Å². The van der Waals surface area contributed by atoms with Crippen LogP contribution < -0.4 is 70.6 Å². The summed E-state index contributed by atoms with van der Waals surface area (Å²) in [5.41, 5.74) is 8.29. The second kappa shape index (κ2) is 8.14. The maximum atomic E-state index is 12.7. The number of hydrogen-bond acceptors (Lipinski definition) is 10. The molecule has 14 heteroatoms. The van der Waals surface area contributed by atoms with Gasteiger partial charge in [-0.2, -0.15) is 0 Å². The van der Waals surface area contributed by atoms with Gasteiger partial charge in [0.25, 0.3) is 0 Å². The standard InChI is InChI=1S/C14H10N2O8S2.2Na/c15-8-4-9(26(22,23)24)12(16)11-10(8)14(18)7-3-5(25(19,20)21)1-2-6(7)13(11)17;;/h1-4H,15-16H2,(H,19,20,21)(H,22,23,24);;/q;2*+1/p-2. The zero-order chi connectivity index (χ0) is 19.6. The van der Waals surface area contributed by atoms with Crippen molar-refractivity contribution in [1.82, 2.24) is 0 Å². The molecule has 28 heavy (non-hydrogen) atoms. The van der Waals surface area contributed by atoms with E-state index in [-0.39, 0.29) is 64.7 Å². The second-order valence-corrected chi connectivity index (χ2v) is 8.13. The van der Waals surface area contributed by atoms with Crippen LogP contribution in [0.3, 0.4) is 0 Å². The summed E-state index contributed by atoms with van der Waals surface area (Å²) in [5, 5.41) is 0. The van der Waals surface area contributed by atoms with E-state index in [1.165, 1.54) is 0 Å². The maximum Gasteiger partial charge on any atom is 1.00 e. The van der Waals surface area contributed by atoms with Crippen LogP contribution in [0, 0.1) is 0 Å². The second-order valence-electron chi connectivity index (χ2n) is 5.40. The Hall–Kier alpha value is -0.800. The molecule has 0 spiro atoms. The molecule has 3 rings (SSSR count). The van der Waals surface area contributed by atoms with Crippen LogP contribution in [0.25, 0.3) is 0 Å². The third kappa shape index (κ3) is 4.07. The van der Waals surface area contributed by atoms with Gasteiger partial charge in [0.2, 0.25) is 0 Å². The number of nitrogen functional groups attached to an aromatic ring is 2. The molecule has 136 valence electrons.